The van der Waals surface area contributed by atoms with Crippen molar-refractivity contribution < 1.29 is 10.0 Å². The summed E-state index contributed by atoms with van der Waals surface area (Å²) in [6.07, 6.45) is 8.87. The summed E-state index contributed by atoms with van der Waals surface area (Å²) in [7, 11) is 0. The van der Waals surface area contributed by atoms with E-state index in [9.17, 15) is 4.79 Å². The minimum absolute atomic E-state index is 0.0493. The Labute approximate surface area is 108 Å². The third-order valence-electron chi connectivity index (χ3n) is 4.38. The van der Waals surface area contributed by atoms with E-state index in [0.29, 0.717) is 12.3 Å². The van der Waals surface area contributed by atoms with Gasteiger partial charge in [0.1, 0.15) is 5.54 Å². The van der Waals surface area contributed by atoms with Crippen LogP contribution in [0.15, 0.2) is 5.16 Å². The van der Waals surface area contributed by atoms with Gasteiger partial charge in [-0.2, -0.15) is 0 Å². The Morgan fingerprint density at radius 1 is 1.28 bits per heavy atom. The molecule has 0 bridgehead atoms. The first-order valence-electron chi connectivity index (χ1n) is 6.95. The lowest BCUT2D eigenvalue weighted by molar-refractivity contribution is -0.124. The van der Waals surface area contributed by atoms with Crippen molar-refractivity contribution in [2.45, 2.75) is 63.3 Å². The Kier molecular flexibility index (Phi) is 4.09. The van der Waals surface area contributed by atoms with Crippen molar-refractivity contribution in [1.29, 1.82) is 0 Å². The van der Waals surface area contributed by atoms with Gasteiger partial charge >= 0.3 is 0 Å². The number of nitrogens with one attached hydrogen (secondary N) is 1. The van der Waals surface area contributed by atoms with Crippen molar-refractivity contribution in [1.82, 2.24) is 5.32 Å². The monoisotopic (exact) mass is 253 g/mol. The second kappa shape index (κ2) is 5.59. The molecule has 0 unspecified atom stereocenters. The van der Waals surface area contributed by atoms with Gasteiger partial charge in [-0.1, -0.05) is 30.8 Å². The van der Waals surface area contributed by atoms with Gasteiger partial charge in [0.05, 0.1) is 0 Å². The Hall–Kier alpha value is -1.26. The molecule has 5 heteroatoms. The van der Waals surface area contributed by atoms with Gasteiger partial charge in [0.25, 0.3) is 0 Å². The van der Waals surface area contributed by atoms with Crippen molar-refractivity contribution in [2.75, 3.05) is 0 Å². The van der Waals surface area contributed by atoms with E-state index in [1.807, 2.05) is 0 Å². The quantitative estimate of drug-likeness (QED) is 0.308. The number of hydrogen-bond donors (Lipinski definition) is 3. The Morgan fingerprint density at radius 2 is 1.94 bits per heavy atom. The molecule has 0 spiro atoms. The van der Waals surface area contributed by atoms with Crippen LogP contribution in [0.5, 0.6) is 0 Å². The number of amidine groups is 1. The first kappa shape index (κ1) is 13.2. The van der Waals surface area contributed by atoms with Crippen molar-refractivity contribution in [3.8, 4) is 0 Å². The van der Waals surface area contributed by atoms with Crippen LogP contribution < -0.4 is 11.1 Å². The third-order valence-corrected chi connectivity index (χ3v) is 4.38. The van der Waals surface area contributed by atoms with Crippen LogP contribution >= 0.6 is 0 Å². The van der Waals surface area contributed by atoms with E-state index in [4.69, 9.17) is 10.9 Å². The summed E-state index contributed by atoms with van der Waals surface area (Å²) in [4.78, 5) is 12.0. The van der Waals surface area contributed by atoms with E-state index < -0.39 is 5.54 Å². The molecule has 0 radical (unpaired) electrons. The molecule has 5 nitrogen and oxygen atoms in total. The zero-order chi connectivity index (χ0) is 13.0. The van der Waals surface area contributed by atoms with Gasteiger partial charge in [-0.3, -0.25) is 4.79 Å². The lowest BCUT2D eigenvalue weighted by atomic mass is 9.79. The van der Waals surface area contributed by atoms with Crippen molar-refractivity contribution >= 4 is 11.7 Å². The molecular formula is C13H23N3O2. The van der Waals surface area contributed by atoms with Crippen molar-refractivity contribution in [3.63, 3.8) is 0 Å². The summed E-state index contributed by atoms with van der Waals surface area (Å²) >= 11 is 0. The first-order valence-corrected chi connectivity index (χ1v) is 6.95. The molecule has 0 aromatic heterocycles. The van der Waals surface area contributed by atoms with Gasteiger partial charge < -0.3 is 16.3 Å². The third kappa shape index (κ3) is 2.76. The molecule has 18 heavy (non-hydrogen) atoms. The van der Waals surface area contributed by atoms with Gasteiger partial charge in [-0.05, 0) is 31.6 Å². The average molecular weight is 253 g/mol. The van der Waals surface area contributed by atoms with Crippen LogP contribution in [0.25, 0.3) is 0 Å². The van der Waals surface area contributed by atoms with Crippen LogP contribution in [0.1, 0.15) is 57.8 Å². The summed E-state index contributed by atoms with van der Waals surface area (Å²) < 4.78 is 0. The number of nitrogens with zero attached hydrogens (tertiary/aromatic N) is 1. The van der Waals surface area contributed by atoms with Crippen LogP contribution in [-0.4, -0.2) is 22.5 Å². The summed E-state index contributed by atoms with van der Waals surface area (Å²) in [6, 6.07) is 0. The fourth-order valence-electron chi connectivity index (χ4n) is 2.97. The predicted octanol–water partition coefficient (Wildman–Crippen LogP) is 1.74. The van der Waals surface area contributed by atoms with E-state index in [1.54, 1.807) is 0 Å². The molecule has 2 fully saturated rings. The van der Waals surface area contributed by atoms with Crippen LogP contribution in [0.4, 0.5) is 0 Å². The lowest BCUT2D eigenvalue weighted by Crippen LogP contribution is -2.58. The highest BCUT2D eigenvalue weighted by Gasteiger charge is 2.38. The summed E-state index contributed by atoms with van der Waals surface area (Å²) in [5, 5.41) is 15.1. The van der Waals surface area contributed by atoms with E-state index in [-0.39, 0.29) is 11.7 Å². The molecule has 0 atom stereocenters. The molecule has 0 aromatic carbocycles. The molecule has 1 amide bonds. The fraction of sp³-hybridized carbons (Fsp3) is 0.846. The number of nitrogens with two attached hydrogens (primary N) is 1. The minimum Gasteiger partial charge on any atom is -0.409 e. The van der Waals surface area contributed by atoms with Crippen molar-refractivity contribution in [3.05, 3.63) is 0 Å². The SMILES string of the molecule is NC(=NO)C1(NC(=O)CC2CCC2)CCCCC1. The number of amides is 1. The number of carbonyl (C=O) groups is 1. The number of oxime groups is 1. The van der Waals surface area contributed by atoms with Gasteiger partial charge in [-0.15, -0.1) is 0 Å². The molecule has 0 heterocycles. The molecule has 2 aliphatic rings. The molecular weight excluding hydrogens is 230 g/mol. The lowest BCUT2D eigenvalue weighted by Gasteiger charge is -2.37. The van der Waals surface area contributed by atoms with Gasteiger partial charge in [-0.25, -0.2) is 0 Å². The van der Waals surface area contributed by atoms with Crippen LogP contribution in [0, 0.1) is 5.92 Å². The van der Waals surface area contributed by atoms with Crippen molar-refractivity contribution in [2.24, 2.45) is 16.8 Å². The van der Waals surface area contributed by atoms with E-state index in [2.05, 4.69) is 10.5 Å². The Bertz CT molecular complexity index is 331. The van der Waals surface area contributed by atoms with Crippen LogP contribution in [0.2, 0.25) is 0 Å². The van der Waals surface area contributed by atoms with E-state index in [1.165, 1.54) is 6.42 Å². The van der Waals surface area contributed by atoms with Gasteiger partial charge in [0.15, 0.2) is 5.84 Å². The summed E-state index contributed by atoms with van der Waals surface area (Å²) in [5.74, 6) is 0.746. The number of carbonyl (C=O) groups excluding carboxylic acids is 1. The molecule has 2 saturated carbocycles. The molecule has 0 saturated heterocycles. The Morgan fingerprint density at radius 3 is 2.44 bits per heavy atom. The standard InChI is InChI=1S/C13H23N3O2/c14-12(16-18)13(7-2-1-3-8-13)15-11(17)9-10-5-4-6-10/h10,18H,1-9H2,(H2,14,16)(H,15,17). The summed E-state index contributed by atoms with van der Waals surface area (Å²) in [6.45, 7) is 0. The maximum atomic E-state index is 12.0. The van der Waals surface area contributed by atoms with E-state index >= 15 is 0 Å². The van der Waals surface area contributed by atoms with Crippen LogP contribution in [0.3, 0.4) is 0 Å². The highest BCUT2D eigenvalue weighted by Crippen LogP contribution is 2.31. The first-order chi connectivity index (χ1) is 8.66. The molecule has 2 aliphatic carbocycles. The number of hydrogen-bond acceptors (Lipinski definition) is 3. The Balaban J connectivity index is 1.97. The molecule has 0 aliphatic heterocycles. The topological polar surface area (TPSA) is 87.7 Å². The highest BCUT2D eigenvalue weighted by atomic mass is 16.4. The fourth-order valence-corrected chi connectivity index (χ4v) is 2.97. The summed E-state index contributed by atoms with van der Waals surface area (Å²) in [5.41, 5.74) is 5.19. The van der Waals surface area contributed by atoms with Gasteiger partial charge in [0, 0.05) is 6.42 Å². The normalized spacial score (nSPS) is 24.3. The highest BCUT2D eigenvalue weighted by molar-refractivity contribution is 5.94. The molecule has 0 aromatic rings. The zero-order valence-electron chi connectivity index (χ0n) is 10.8. The second-order valence-corrected chi connectivity index (χ2v) is 5.68. The largest absolute Gasteiger partial charge is 0.409 e. The molecule has 2 rings (SSSR count). The number of rotatable bonds is 4. The van der Waals surface area contributed by atoms with E-state index in [0.717, 1.165) is 44.9 Å². The second-order valence-electron chi connectivity index (χ2n) is 5.68. The molecule has 102 valence electrons. The average Bonchev–Trinajstić information content (AvgIpc) is 2.34. The maximum absolute atomic E-state index is 12.0. The van der Waals surface area contributed by atoms with Crippen LogP contribution in [-0.2, 0) is 4.79 Å². The zero-order valence-corrected chi connectivity index (χ0v) is 10.8. The maximum Gasteiger partial charge on any atom is 0.221 e. The molecule has 4 N–H and O–H groups in total. The predicted molar refractivity (Wildman–Crippen MR) is 69.3 cm³/mol. The smallest absolute Gasteiger partial charge is 0.221 e. The minimum atomic E-state index is -0.603. The van der Waals surface area contributed by atoms with Gasteiger partial charge in [0.2, 0.25) is 5.91 Å².